The number of benzene rings is 3. The zero-order valence-corrected chi connectivity index (χ0v) is 21.8. The molecule has 3 aromatic carbocycles. The van der Waals surface area contributed by atoms with Gasteiger partial charge >= 0.3 is 0 Å². The van der Waals surface area contributed by atoms with Gasteiger partial charge in [-0.05, 0) is 24.7 Å². The van der Waals surface area contributed by atoms with E-state index in [1.54, 1.807) is 41.3 Å². The largest absolute Gasteiger partial charge is 0.507 e. The van der Waals surface area contributed by atoms with Crippen LogP contribution in [0.1, 0.15) is 23.5 Å². The summed E-state index contributed by atoms with van der Waals surface area (Å²) in [6.45, 7) is 2.60. The molecule has 0 radical (unpaired) electrons. The van der Waals surface area contributed by atoms with Gasteiger partial charge in [-0.1, -0.05) is 36.4 Å². The SMILES string of the molecule is COc1ccc(C(CC(=O)N2CCN(C)CC2)c2c(O)cc(O)c3c(=O)cc(-c4ccccc4)oc23)cc1O. The van der Waals surface area contributed by atoms with E-state index < -0.39 is 17.1 Å². The van der Waals surface area contributed by atoms with Crippen LogP contribution >= 0.6 is 0 Å². The second-order valence-corrected chi connectivity index (χ2v) is 9.75. The summed E-state index contributed by atoms with van der Waals surface area (Å²) in [6.07, 6.45) is -0.0673. The molecule has 1 aliphatic rings. The summed E-state index contributed by atoms with van der Waals surface area (Å²) in [4.78, 5) is 30.7. The van der Waals surface area contributed by atoms with E-state index in [2.05, 4.69) is 4.90 Å². The molecule has 1 unspecified atom stereocenters. The third-order valence-corrected chi connectivity index (χ3v) is 7.24. The molecule has 1 saturated heterocycles. The molecule has 1 fully saturated rings. The van der Waals surface area contributed by atoms with E-state index in [1.165, 1.54) is 19.2 Å². The molecule has 39 heavy (non-hydrogen) atoms. The van der Waals surface area contributed by atoms with Crippen molar-refractivity contribution < 1.29 is 29.3 Å². The Bertz CT molecular complexity index is 1570. The molecular formula is C30H30N2O7. The van der Waals surface area contributed by atoms with Crippen LogP contribution in [-0.4, -0.2) is 71.4 Å². The number of rotatable bonds is 6. The number of phenols is 3. The molecule has 3 N–H and O–H groups in total. The van der Waals surface area contributed by atoms with Crippen LogP contribution in [-0.2, 0) is 4.79 Å². The Labute approximate surface area is 225 Å². The predicted octanol–water partition coefficient (Wildman–Crippen LogP) is 3.88. The number of hydrogen-bond donors (Lipinski definition) is 3. The van der Waals surface area contributed by atoms with Crippen molar-refractivity contribution >= 4 is 16.9 Å². The Kier molecular flexibility index (Phi) is 7.17. The first-order valence-electron chi connectivity index (χ1n) is 12.7. The lowest BCUT2D eigenvalue weighted by Crippen LogP contribution is -2.47. The molecular weight excluding hydrogens is 500 g/mol. The summed E-state index contributed by atoms with van der Waals surface area (Å²) in [5.74, 6) is -1.36. The summed E-state index contributed by atoms with van der Waals surface area (Å²) < 4.78 is 11.4. The number of likely N-dealkylation sites (N-methyl/N-ethyl adjacent to an activating group) is 1. The van der Waals surface area contributed by atoms with Crippen molar-refractivity contribution in [3.63, 3.8) is 0 Å². The molecule has 0 spiro atoms. The summed E-state index contributed by atoms with van der Waals surface area (Å²) in [7, 11) is 3.43. The first-order chi connectivity index (χ1) is 18.8. The van der Waals surface area contributed by atoms with Crippen LogP contribution < -0.4 is 10.2 Å². The Balaban J connectivity index is 1.71. The van der Waals surface area contributed by atoms with Crippen LogP contribution in [0.2, 0.25) is 0 Å². The summed E-state index contributed by atoms with van der Waals surface area (Å²) in [6, 6.07) is 16.1. The van der Waals surface area contributed by atoms with Crippen LogP contribution in [0, 0.1) is 0 Å². The molecule has 9 nitrogen and oxygen atoms in total. The molecule has 0 saturated carbocycles. The van der Waals surface area contributed by atoms with Gasteiger partial charge in [0.1, 0.15) is 28.2 Å². The lowest BCUT2D eigenvalue weighted by atomic mass is 9.85. The van der Waals surface area contributed by atoms with Gasteiger partial charge in [-0.15, -0.1) is 0 Å². The number of ether oxygens (including phenoxy) is 1. The lowest BCUT2D eigenvalue weighted by molar-refractivity contribution is -0.133. The van der Waals surface area contributed by atoms with E-state index in [9.17, 15) is 24.9 Å². The van der Waals surface area contributed by atoms with Crippen molar-refractivity contribution in [2.45, 2.75) is 12.3 Å². The molecule has 1 amide bonds. The quantitative estimate of drug-likeness (QED) is 0.343. The van der Waals surface area contributed by atoms with Crippen LogP contribution in [0.4, 0.5) is 0 Å². The Hall–Kier alpha value is -4.50. The fourth-order valence-corrected chi connectivity index (χ4v) is 5.07. The van der Waals surface area contributed by atoms with E-state index >= 15 is 0 Å². The zero-order chi connectivity index (χ0) is 27.7. The van der Waals surface area contributed by atoms with Crippen molar-refractivity contribution in [3.05, 3.63) is 82.0 Å². The third kappa shape index (κ3) is 5.13. The van der Waals surface area contributed by atoms with Crippen molar-refractivity contribution in [1.82, 2.24) is 9.80 Å². The van der Waals surface area contributed by atoms with Crippen LogP contribution in [0.3, 0.4) is 0 Å². The smallest absolute Gasteiger partial charge is 0.223 e. The van der Waals surface area contributed by atoms with Crippen LogP contribution in [0.25, 0.3) is 22.3 Å². The summed E-state index contributed by atoms with van der Waals surface area (Å²) in [5.41, 5.74) is 0.800. The number of aromatic hydroxyl groups is 3. The molecule has 9 heteroatoms. The van der Waals surface area contributed by atoms with E-state index in [0.717, 1.165) is 19.2 Å². The molecule has 1 aliphatic heterocycles. The maximum atomic E-state index is 13.5. The highest BCUT2D eigenvalue weighted by Crippen LogP contribution is 2.44. The minimum absolute atomic E-state index is 0.0228. The van der Waals surface area contributed by atoms with Crippen molar-refractivity contribution in [1.29, 1.82) is 0 Å². The zero-order valence-electron chi connectivity index (χ0n) is 21.8. The average molecular weight is 531 g/mol. The molecule has 0 bridgehead atoms. The van der Waals surface area contributed by atoms with Crippen LogP contribution in [0.5, 0.6) is 23.0 Å². The number of nitrogens with zero attached hydrogens (tertiary/aromatic N) is 2. The van der Waals surface area contributed by atoms with Gasteiger partial charge in [0, 0.05) is 61.8 Å². The van der Waals surface area contributed by atoms with E-state index in [-0.39, 0.29) is 51.9 Å². The molecule has 202 valence electrons. The van der Waals surface area contributed by atoms with Gasteiger partial charge in [0.05, 0.1) is 7.11 Å². The fraction of sp³-hybridized carbons (Fsp3) is 0.267. The predicted molar refractivity (Wildman–Crippen MR) is 146 cm³/mol. The van der Waals surface area contributed by atoms with E-state index in [1.807, 2.05) is 13.1 Å². The molecule has 1 atom stereocenters. The third-order valence-electron chi connectivity index (χ3n) is 7.24. The van der Waals surface area contributed by atoms with Gasteiger partial charge in [-0.3, -0.25) is 9.59 Å². The number of piperazine rings is 1. The fourth-order valence-electron chi connectivity index (χ4n) is 5.07. The van der Waals surface area contributed by atoms with Gasteiger partial charge in [0.2, 0.25) is 5.91 Å². The molecule has 2 heterocycles. The molecule has 0 aliphatic carbocycles. The number of phenolic OH excluding ortho intramolecular Hbond substituents is 3. The maximum absolute atomic E-state index is 13.5. The number of fused-ring (bicyclic) bond motifs is 1. The number of amides is 1. The molecule has 4 aromatic rings. The van der Waals surface area contributed by atoms with Crippen molar-refractivity contribution in [2.24, 2.45) is 0 Å². The number of methoxy groups -OCH3 is 1. The van der Waals surface area contributed by atoms with E-state index in [0.29, 0.717) is 24.2 Å². The first kappa shape index (κ1) is 26.1. The maximum Gasteiger partial charge on any atom is 0.223 e. The van der Waals surface area contributed by atoms with Gasteiger partial charge in [-0.25, -0.2) is 0 Å². The van der Waals surface area contributed by atoms with Crippen molar-refractivity contribution in [2.75, 3.05) is 40.3 Å². The average Bonchev–Trinajstić information content (AvgIpc) is 2.92. The number of carbonyl (C=O) groups is 1. The highest BCUT2D eigenvalue weighted by Gasteiger charge is 2.30. The standard InChI is InChI=1S/C30H30N2O7/c1-31-10-12-32(13-11-31)27(37)15-20(19-8-9-25(38-2)21(33)14-19)28-22(34)16-23(35)29-24(36)17-26(39-30(28)29)18-6-4-3-5-7-18/h3-9,14,16-17,20,33-35H,10-13,15H2,1-2H3. The van der Waals surface area contributed by atoms with Gasteiger partial charge in [-0.2, -0.15) is 0 Å². The topological polar surface area (TPSA) is 124 Å². The van der Waals surface area contributed by atoms with Crippen LogP contribution in [0.15, 0.2) is 69.9 Å². The molecule has 1 aromatic heterocycles. The lowest BCUT2D eigenvalue weighted by Gasteiger charge is -2.33. The van der Waals surface area contributed by atoms with Gasteiger partial charge in [0.15, 0.2) is 16.9 Å². The Morgan fingerprint density at radius 1 is 0.949 bits per heavy atom. The minimum Gasteiger partial charge on any atom is -0.507 e. The van der Waals surface area contributed by atoms with E-state index in [4.69, 9.17) is 9.15 Å². The highest BCUT2D eigenvalue weighted by atomic mass is 16.5. The highest BCUT2D eigenvalue weighted by molar-refractivity contribution is 5.91. The monoisotopic (exact) mass is 530 g/mol. The second kappa shape index (κ2) is 10.7. The number of carbonyl (C=O) groups excluding carboxylic acids is 1. The van der Waals surface area contributed by atoms with Gasteiger partial charge < -0.3 is 34.3 Å². The Morgan fingerprint density at radius 2 is 1.67 bits per heavy atom. The summed E-state index contributed by atoms with van der Waals surface area (Å²) >= 11 is 0. The molecule has 5 rings (SSSR count). The summed E-state index contributed by atoms with van der Waals surface area (Å²) in [5, 5.41) is 32.3. The van der Waals surface area contributed by atoms with Gasteiger partial charge in [0.25, 0.3) is 0 Å². The van der Waals surface area contributed by atoms with Crippen molar-refractivity contribution in [3.8, 4) is 34.3 Å². The normalized spacial score (nSPS) is 14.9. The first-order valence-corrected chi connectivity index (χ1v) is 12.7. The Morgan fingerprint density at radius 3 is 2.33 bits per heavy atom. The number of hydrogen-bond acceptors (Lipinski definition) is 8. The minimum atomic E-state index is -0.814. The second-order valence-electron chi connectivity index (χ2n) is 9.75.